The molecule has 3 aromatic carbocycles. The number of imidazole rings is 1. The van der Waals surface area contributed by atoms with Crippen molar-refractivity contribution in [2.24, 2.45) is 0 Å². The number of H-pyrrole nitrogens is 2. The summed E-state index contributed by atoms with van der Waals surface area (Å²) in [7, 11) is -3.84. The Labute approximate surface area is 156 Å². The number of fused-ring (bicyclic) bond motifs is 1. The molecule has 1 aromatic heterocycles. The summed E-state index contributed by atoms with van der Waals surface area (Å²) >= 11 is 0. The van der Waals surface area contributed by atoms with E-state index in [1.165, 1.54) is 16.4 Å². The van der Waals surface area contributed by atoms with Crippen molar-refractivity contribution in [3.8, 4) is 0 Å². The molecule has 27 heavy (non-hydrogen) atoms. The molecule has 1 heterocycles. The van der Waals surface area contributed by atoms with Crippen molar-refractivity contribution in [1.82, 2.24) is 9.97 Å². The first kappa shape index (κ1) is 17.1. The maximum Gasteiger partial charge on any atom is 0.323 e. The molecule has 0 aliphatic rings. The number of rotatable bonds is 5. The van der Waals surface area contributed by atoms with Crippen molar-refractivity contribution in [2.75, 3.05) is 4.31 Å². The molecule has 0 aliphatic heterocycles. The molecular formula is C20H17N3O3S. The SMILES string of the molecule is O=c1[nH]c2ccc(S(=O)(=O)N(Cc3ccccc3)c3ccccc3)cc2[nH]1. The number of aromatic nitrogens is 2. The lowest BCUT2D eigenvalue weighted by atomic mass is 10.2. The van der Waals surface area contributed by atoms with Crippen LogP contribution in [0.3, 0.4) is 0 Å². The summed E-state index contributed by atoms with van der Waals surface area (Å²) in [6, 6.07) is 23.0. The normalized spacial score (nSPS) is 11.6. The molecule has 0 atom stereocenters. The standard InChI is InChI=1S/C20H17N3O3S/c24-20-21-18-12-11-17(13-19(18)22-20)27(25,26)23(16-9-5-2-6-10-16)14-15-7-3-1-4-8-15/h1-13H,14H2,(H2,21,22,24). The third-order valence-corrected chi connectivity index (χ3v) is 6.06. The van der Waals surface area contributed by atoms with Gasteiger partial charge in [-0.25, -0.2) is 13.2 Å². The second-order valence-electron chi connectivity index (χ2n) is 6.12. The van der Waals surface area contributed by atoms with E-state index in [0.29, 0.717) is 16.7 Å². The van der Waals surface area contributed by atoms with E-state index in [1.807, 2.05) is 36.4 Å². The fraction of sp³-hybridized carbons (Fsp3) is 0.0500. The van der Waals surface area contributed by atoms with Gasteiger partial charge >= 0.3 is 5.69 Å². The molecular weight excluding hydrogens is 362 g/mol. The van der Waals surface area contributed by atoms with Crippen LogP contribution in [-0.4, -0.2) is 18.4 Å². The van der Waals surface area contributed by atoms with E-state index in [1.54, 1.807) is 30.3 Å². The van der Waals surface area contributed by atoms with Gasteiger partial charge in [-0.1, -0.05) is 48.5 Å². The van der Waals surface area contributed by atoms with Crippen LogP contribution in [-0.2, 0) is 16.6 Å². The maximum absolute atomic E-state index is 13.4. The predicted octanol–water partition coefficient (Wildman–Crippen LogP) is 3.25. The topological polar surface area (TPSA) is 86.0 Å². The highest BCUT2D eigenvalue weighted by Gasteiger charge is 2.25. The first-order chi connectivity index (χ1) is 13.0. The zero-order chi connectivity index (χ0) is 18.9. The number of benzene rings is 3. The molecule has 4 aromatic rings. The summed E-state index contributed by atoms with van der Waals surface area (Å²) in [6.07, 6.45) is 0. The van der Waals surface area contributed by atoms with Gasteiger partial charge in [0.05, 0.1) is 28.2 Å². The first-order valence-electron chi connectivity index (χ1n) is 8.38. The monoisotopic (exact) mass is 379 g/mol. The number of nitrogens with zero attached hydrogens (tertiary/aromatic N) is 1. The third kappa shape index (κ3) is 3.37. The molecule has 6 nitrogen and oxygen atoms in total. The van der Waals surface area contributed by atoms with Gasteiger partial charge in [0, 0.05) is 0 Å². The first-order valence-corrected chi connectivity index (χ1v) is 9.82. The number of sulfonamides is 1. The molecule has 0 saturated heterocycles. The maximum atomic E-state index is 13.4. The van der Waals surface area contributed by atoms with E-state index in [0.717, 1.165) is 5.56 Å². The van der Waals surface area contributed by atoms with Crippen LogP contribution < -0.4 is 9.99 Å². The van der Waals surface area contributed by atoms with Crippen LogP contribution in [0.25, 0.3) is 11.0 Å². The summed E-state index contributed by atoms with van der Waals surface area (Å²) in [4.78, 5) is 16.8. The van der Waals surface area contributed by atoms with Crippen molar-refractivity contribution in [3.05, 3.63) is 94.9 Å². The third-order valence-electron chi connectivity index (χ3n) is 4.29. The summed E-state index contributed by atoms with van der Waals surface area (Å²) in [5, 5.41) is 0. The van der Waals surface area contributed by atoms with Gasteiger partial charge in [0.1, 0.15) is 0 Å². The van der Waals surface area contributed by atoms with Crippen molar-refractivity contribution in [1.29, 1.82) is 0 Å². The Kier molecular flexibility index (Phi) is 4.29. The highest BCUT2D eigenvalue weighted by atomic mass is 32.2. The van der Waals surface area contributed by atoms with Gasteiger partial charge in [0.2, 0.25) is 0 Å². The average Bonchev–Trinajstić information content (AvgIpc) is 3.06. The van der Waals surface area contributed by atoms with E-state index in [4.69, 9.17) is 0 Å². The molecule has 0 amide bonds. The molecule has 0 aliphatic carbocycles. The van der Waals surface area contributed by atoms with E-state index < -0.39 is 10.0 Å². The number of para-hydroxylation sites is 1. The zero-order valence-corrected chi connectivity index (χ0v) is 15.1. The molecule has 7 heteroatoms. The van der Waals surface area contributed by atoms with Crippen molar-refractivity contribution < 1.29 is 8.42 Å². The van der Waals surface area contributed by atoms with Gasteiger partial charge in [0.15, 0.2) is 0 Å². The second-order valence-corrected chi connectivity index (χ2v) is 7.98. The van der Waals surface area contributed by atoms with E-state index >= 15 is 0 Å². The summed E-state index contributed by atoms with van der Waals surface area (Å²) in [5.74, 6) is 0. The quantitative estimate of drug-likeness (QED) is 0.558. The largest absolute Gasteiger partial charge is 0.323 e. The molecule has 0 spiro atoms. The highest BCUT2D eigenvalue weighted by Crippen LogP contribution is 2.27. The van der Waals surface area contributed by atoms with Crippen LogP contribution in [0.4, 0.5) is 5.69 Å². The lowest BCUT2D eigenvalue weighted by molar-refractivity contribution is 0.590. The van der Waals surface area contributed by atoms with Crippen LogP contribution in [0.5, 0.6) is 0 Å². The molecule has 2 N–H and O–H groups in total. The Morgan fingerprint density at radius 2 is 1.41 bits per heavy atom. The Morgan fingerprint density at radius 3 is 2.11 bits per heavy atom. The summed E-state index contributed by atoms with van der Waals surface area (Å²) in [6.45, 7) is 0.203. The van der Waals surface area contributed by atoms with Gasteiger partial charge in [-0.05, 0) is 35.9 Å². The number of hydrogen-bond acceptors (Lipinski definition) is 3. The second kappa shape index (κ2) is 6.77. The van der Waals surface area contributed by atoms with E-state index in [9.17, 15) is 13.2 Å². The van der Waals surface area contributed by atoms with Crippen molar-refractivity contribution >= 4 is 26.7 Å². The smallest absolute Gasteiger partial charge is 0.306 e. The van der Waals surface area contributed by atoms with Crippen molar-refractivity contribution in [3.63, 3.8) is 0 Å². The molecule has 0 radical (unpaired) electrons. The summed E-state index contributed by atoms with van der Waals surface area (Å²) < 4.78 is 28.2. The van der Waals surface area contributed by atoms with Crippen molar-refractivity contribution in [2.45, 2.75) is 11.4 Å². The van der Waals surface area contributed by atoms with Gasteiger partial charge in [-0.15, -0.1) is 0 Å². The minimum absolute atomic E-state index is 0.116. The average molecular weight is 379 g/mol. The molecule has 0 fully saturated rings. The fourth-order valence-corrected chi connectivity index (χ4v) is 4.44. The number of hydrogen-bond donors (Lipinski definition) is 2. The minimum atomic E-state index is -3.84. The Balaban J connectivity index is 1.82. The molecule has 136 valence electrons. The lowest BCUT2D eigenvalue weighted by Gasteiger charge is -2.24. The van der Waals surface area contributed by atoms with Gasteiger partial charge in [-0.2, -0.15) is 0 Å². The molecule has 4 rings (SSSR count). The number of nitrogens with one attached hydrogen (secondary N) is 2. The predicted molar refractivity (Wildman–Crippen MR) is 105 cm³/mol. The van der Waals surface area contributed by atoms with Crippen LogP contribution >= 0.6 is 0 Å². The highest BCUT2D eigenvalue weighted by molar-refractivity contribution is 7.92. The van der Waals surface area contributed by atoms with Gasteiger partial charge in [0.25, 0.3) is 10.0 Å². The van der Waals surface area contributed by atoms with E-state index in [2.05, 4.69) is 9.97 Å². The van der Waals surface area contributed by atoms with E-state index in [-0.39, 0.29) is 17.1 Å². The Morgan fingerprint density at radius 1 is 0.778 bits per heavy atom. The number of anilines is 1. The fourth-order valence-electron chi connectivity index (χ4n) is 2.96. The van der Waals surface area contributed by atoms with Crippen LogP contribution in [0.1, 0.15) is 5.56 Å². The molecule has 0 saturated carbocycles. The number of aromatic amines is 2. The lowest BCUT2D eigenvalue weighted by Crippen LogP contribution is -2.30. The Bertz CT molecular complexity index is 1230. The van der Waals surface area contributed by atoms with Crippen LogP contribution in [0, 0.1) is 0 Å². The molecule has 0 bridgehead atoms. The van der Waals surface area contributed by atoms with Crippen LogP contribution in [0.2, 0.25) is 0 Å². The van der Waals surface area contributed by atoms with Gasteiger partial charge < -0.3 is 9.97 Å². The Hall–Kier alpha value is -3.32. The van der Waals surface area contributed by atoms with Gasteiger partial charge in [-0.3, -0.25) is 4.31 Å². The van der Waals surface area contributed by atoms with Crippen LogP contribution in [0.15, 0.2) is 88.6 Å². The zero-order valence-electron chi connectivity index (χ0n) is 14.3. The molecule has 0 unspecified atom stereocenters. The summed E-state index contributed by atoms with van der Waals surface area (Å²) in [5.41, 5.74) is 2.09. The minimum Gasteiger partial charge on any atom is -0.306 e.